The second kappa shape index (κ2) is 7.34. The number of benzene rings is 1. The van der Waals surface area contributed by atoms with Gasteiger partial charge in [-0.05, 0) is 38.8 Å². The van der Waals surface area contributed by atoms with E-state index in [-0.39, 0.29) is 12.0 Å². The lowest BCUT2D eigenvalue weighted by Crippen LogP contribution is -2.41. The normalized spacial score (nSPS) is 12.6. The predicted octanol–water partition coefficient (Wildman–Crippen LogP) is 3.01. The minimum absolute atomic E-state index is 0.244. The Morgan fingerprint density at radius 1 is 1.22 bits per heavy atom. The highest BCUT2D eigenvalue weighted by molar-refractivity contribution is 5.71. The summed E-state index contributed by atoms with van der Waals surface area (Å²) in [7, 11) is 0. The summed E-state index contributed by atoms with van der Waals surface area (Å²) < 4.78 is 44.8. The Hall–Kier alpha value is -2.25. The maximum atomic E-state index is 13.7. The van der Waals surface area contributed by atoms with Crippen molar-refractivity contribution in [1.82, 2.24) is 5.32 Å². The van der Waals surface area contributed by atoms with Gasteiger partial charge in [0.25, 0.3) is 0 Å². The zero-order valence-electron chi connectivity index (χ0n) is 13.0. The molecule has 0 saturated carbocycles. The van der Waals surface area contributed by atoms with Crippen molar-refractivity contribution in [3.8, 4) is 0 Å². The highest BCUT2D eigenvalue weighted by Crippen LogP contribution is 2.18. The number of amides is 1. The van der Waals surface area contributed by atoms with Crippen LogP contribution >= 0.6 is 0 Å². The zero-order valence-corrected chi connectivity index (χ0v) is 13.0. The molecule has 1 rings (SSSR count). The molecule has 0 saturated heterocycles. The molecule has 128 valence electrons. The van der Waals surface area contributed by atoms with Crippen LogP contribution in [0.15, 0.2) is 12.1 Å². The molecule has 0 aliphatic heterocycles. The van der Waals surface area contributed by atoms with Gasteiger partial charge in [-0.3, -0.25) is 4.79 Å². The van der Waals surface area contributed by atoms with Crippen LogP contribution in [0.2, 0.25) is 0 Å². The van der Waals surface area contributed by atoms with Crippen molar-refractivity contribution in [3.63, 3.8) is 0 Å². The van der Waals surface area contributed by atoms with Gasteiger partial charge in [0.05, 0.1) is 6.42 Å². The molecule has 0 radical (unpaired) electrons. The van der Waals surface area contributed by atoms with Gasteiger partial charge in [-0.2, -0.15) is 0 Å². The predicted molar refractivity (Wildman–Crippen MR) is 75.4 cm³/mol. The van der Waals surface area contributed by atoms with Gasteiger partial charge in [0, 0.05) is 6.04 Å². The summed E-state index contributed by atoms with van der Waals surface area (Å²) in [6.07, 6.45) is -1.74. The van der Waals surface area contributed by atoms with Gasteiger partial charge >= 0.3 is 12.1 Å². The molecule has 5 nitrogen and oxygen atoms in total. The van der Waals surface area contributed by atoms with Crippen molar-refractivity contribution in [1.29, 1.82) is 0 Å². The Labute approximate surface area is 131 Å². The van der Waals surface area contributed by atoms with Crippen LogP contribution in [-0.4, -0.2) is 28.8 Å². The Kier molecular flexibility index (Phi) is 6.00. The number of halogens is 3. The molecule has 8 heteroatoms. The number of carboxylic acids is 1. The third-order valence-corrected chi connectivity index (χ3v) is 2.72. The number of aliphatic carboxylic acids is 1. The van der Waals surface area contributed by atoms with Gasteiger partial charge in [0.2, 0.25) is 0 Å². The van der Waals surface area contributed by atoms with E-state index >= 15 is 0 Å². The fourth-order valence-electron chi connectivity index (χ4n) is 1.85. The molecule has 0 aliphatic carbocycles. The summed E-state index contributed by atoms with van der Waals surface area (Å²) in [5.41, 5.74) is -1.04. The fraction of sp³-hybridized carbons (Fsp3) is 0.467. The standard InChI is InChI=1S/C15H18F3NO4/c1-15(2,3)23-14(22)19-9(7-11(20)21)6-8-4-5-10(16)13(18)12(8)17/h4-5,9H,6-7H2,1-3H3,(H,19,22)(H,20,21)/t9-/m1/s1. The first-order chi connectivity index (χ1) is 10.5. The van der Waals surface area contributed by atoms with E-state index in [0.717, 1.165) is 12.1 Å². The smallest absolute Gasteiger partial charge is 0.407 e. The minimum atomic E-state index is -1.64. The minimum Gasteiger partial charge on any atom is -0.481 e. The Morgan fingerprint density at radius 3 is 2.35 bits per heavy atom. The van der Waals surface area contributed by atoms with Crippen molar-refractivity contribution < 1.29 is 32.6 Å². The van der Waals surface area contributed by atoms with Crippen LogP contribution in [0.25, 0.3) is 0 Å². The van der Waals surface area contributed by atoms with E-state index in [1.54, 1.807) is 20.8 Å². The number of hydrogen-bond acceptors (Lipinski definition) is 3. The van der Waals surface area contributed by atoms with Crippen LogP contribution in [0, 0.1) is 17.5 Å². The maximum absolute atomic E-state index is 13.7. The third-order valence-electron chi connectivity index (χ3n) is 2.72. The summed E-state index contributed by atoms with van der Waals surface area (Å²) >= 11 is 0. The number of ether oxygens (including phenoxy) is 1. The molecule has 0 bridgehead atoms. The first-order valence-electron chi connectivity index (χ1n) is 6.83. The quantitative estimate of drug-likeness (QED) is 0.812. The number of alkyl carbamates (subject to hydrolysis) is 1. The molecule has 0 unspecified atom stereocenters. The summed E-state index contributed by atoms with van der Waals surface area (Å²) in [6, 6.07) is 0.694. The highest BCUT2D eigenvalue weighted by atomic mass is 19.2. The van der Waals surface area contributed by atoms with Crippen molar-refractivity contribution in [3.05, 3.63) is 35.1 Å². The maximum Gasteiger partial charge on any atom is 0.407 e. The lowest BCUT2D eigenvalue weighted by atomic mass is 10.0. The van der Waals surface area contributed by atoms with Crippen molar-refractivity contribution in [2.75, 3.05) is 0 Å². The lowest BCUT2D eigenvalue weighted by Gasteiger charge is -2.23. The number of hydrogen-bond donors (Lipinski definition) is 2. The van der Waals surface area contributed by atoms with Crippen molar-refractivity contribution in [2.24, 2.45) is 0 Å². The molecule has 23 heavy (non-hydrogen) atoms. The zero-order chi connectivity index (χ0) is 17.8. The molecule has 1 amide bonds. The van der Waals surface area contributed by atoms with E-state index in [9.17, 15) is 22.8 Å². The van der Waals surface area contributed by atoms with E-state index in [4.69, 9.17) is 9.84 Å². The topological polar surface area (TPSA) is 75.6 Å². The first-order valence-corrected chi connectivity index (χ1v) is 6.83. The monoisotopic (exact) mass is 333 g/mol. The first kappa shape index (κ1) is 18.8. The van der Waals surface area contributed by atoms with E-state index < -0.39 is 47.6 Å². The van der Waals surface area contributed by atoms with Gasteiger partial charge < -0.3 is 15.2 Å². The number of carbonyl (C=O) groups is 2. The summed E-state index contributed by atoms with van der Waals surface area (Å²) in [5.74, 6) is -5.64. The molecule has 1 aromatic carbocycles. The Balaban J connectivity index is 2.89. The van der Waals surface area contributed by atoms with Gasteiger partial charge in [-0.1, -0.05) is 6.07 Å². The average molecular weight is 333 g/mol. The van der Waals surface area contributed by atoms with Crippen molar-refractivity contribution >= 4 is 12.1 Å². The van der Waals surface area contributed by atoms with Crippen LogP contribution in [0.3, 0.4) is 0 Å². The molecule has 1 atom stereocenters. The van der Waals surface area contributed by atoms with Gasteiger partial charge in [0.1, 0.15) is 5.60 Å². The number of carboxylic acid groups (broad SMARTS) is 1. The Morgan fingerprint density at radius 2 is 1.83 bits per heavy atom. The SMILES string of the molecule is CC(C)(C)OC(=O)N[C@@H](CC(=O)O)Cc1ccc(F)c(F)c1F. The molecular weight excluding hydrogens is 315 g/mol. The highest BCUT2D eigenvalue weighted by Gasteiger charge is 2.23. The van der Waals surface area contributed by atoms with Gasteiger partial charge in [-0.25, -0.2) is 18.0 Å². The van der Waals surface area contributed by atoms with Crippen LogP contribution < -0.4 is 5.32 Å². The second-order valence-electron chi connectivity index (χ2n) is 5.98. The molecule has 0 fully saturated rings. The molecule has 2 N–H and O–H groups in total. The van der Waals surface area contributed by atoms with Crippen molar-refractivity contribution in [2.45, 2.75) is 45.3 Å². The summed E-state index contributed by atoms with van der Waals surface area (Å²) in [4.78, 5) is 22.5. The fourth-order valence-corrected chi connectivity index (χ4v) is 1.85. The number of carbonyl (C=O) groups excluding carboxylic acids is 1. The molecule has 0 aliphatic rings. The molecule has 0 aromatic heterocycles. The average Bonchev–Trinajstić information content (AvgIpc) is 2.36. The van der Waals surface area contributed by atoms with E-state index in [1.165, 1.54) is 0 Å². The van der Waals surface area contributed by atoms with E-state index in [0.29, 0.717) is 0 Å². The van der Waals surface area contributed by atoms with Crippen LogP contribution in [-0.2, 0) is 16.0 Å². The van der Waals surface area contributed by atoms with Gasteiger partial charge in [0.15, 0.2) is 17.5 Å². The molecule has 0 heterocycles. The summed E-state index contributed by atoms with van der Waals surface area (Å²) in [5, 5.41) is 11.1. The largest absolute Gasteiger partial charge is 0.481 e. The number of rotatable bonds is 5. The van der Waals surface area contributed by atoms with Gasteiger partial charge in [-0.15, -0.1) is 0 Å². The third kappa shape index (κ3) is 6.17. The van der Waals surface area contributed by atoms with Crippen LogP contribution in [0.1, 0.15) is 32.8 Å². The van der Waals surface area contributed by atoms with E-state index in [2.05, 4.69) is 5.32 Å². The number of nitrogens with one attached hydrogen (secondary N) is 1. The van der Waals surface area contributed by atoms with Crippen LogP contribution in [0.4, 0.5) is 18.0 Å². The second-order valence-corrected chi connectivity index (χ2v) is 5.98. The molecular formula is C15H18F3NO4. The summed E-state index contributed by atoms with van der Waals surface area (Å²) in [6.45, 7) is 4.86. The molecule has 1 aromatic rings. The lowest BCUT2D eigenvalue weighted by molar-refractivity contribution is -0.137. The van der Waals surface area contributed by atoms with E-state index in [1.807, 2.05) is 0 Å². The Bertz CT molecular complexity index is 599. The molecule has 0 spiro atoms. The van der Waals surface area contributed by atoms with Crippen LogP contribution in [0.5, 0.6) is 0 Å².